The highest BCUT2D eigenvalue weighted by Gasteiger charge is 2.45. The number of nitrogens with zero attached hydrogens (tertiary/aromatic N) is 1. The second kappa shape index (κ2) is 18.0. The Morgan fingerprint density at radius 1 is 0.950 bits per heavy atom. The first-order valence-electron chi connectivity index (χ1n) is 15.0. The second-order valence-electron chi connectivity index (χ2n) is 11.2. The van der Waals surface area contributed by atoms with E-state index >= 15 is 0 Å². The van der Waals surface area contributed by atoms with Gasteiger partial charge >= 0.3 is 0 Å². The summed E-state index contributed by atoms with van der Waals surface area (Å²) in [5.74, 6) is -0.861. The van der Waals surface area contributed by atoms with Crippen molar-refractivity contribution in [1.82, 2.24) is 10.0 Å². The molecule has 1 aromatic rings. The Balaban J connectivity index is 1.91. The van der Waals surface area contributed by atoms with Gasteiger partial charge in [0.2, 0.25) is 10.0 Å². The molecule has 10 nitrogen and oxygen atoms in total. The average molecular weight is 586 g/mol. The number of aliphatic hydroxyl groups is 1. The summed E-state index contributed by atoms with van der Waals surface area (Å²) in [4.78, 5) is 10.3. The van der Waals surface area contributed by atoms with E-state index in [-0.39, 0.29) is 29.8 Å². The summed E-state index contributed by atoms with van der Waals surface area (Å²) in [6.07, 6.45) is 15.0. The number of aliphatic hydroxyl groups excluding tert-OH is 1. The lowest BCUT2D eigenvalue weighted by molar-refractivity contribution is -0.384. The molecule has 1 heterocycles. The molecule has 1 aliphatic heterocycles. The molecule has 0 aliphatic carbocycles. The highest BCUT2D eigenvalue weighted by Crippen LogP contribution is 2.33. The SMILES string of the molecule is CCCCCCCCCCCCCC[C@H]1OC(C)(C)O[C@H]1[C@H](CNCCO)NS(=O)(=O)c1ccc([N+](=O)[O-])cc1. The van der Waals surface area contributed by atoms with E-state index in [2.05, 4.69) is 17.0 Å². The van der Waals surface area contributed by atoms with Crippen LogP contribution < -0.4 is 10.0 Å². The fourth-order valence-corrected chi connectivity index (χ4v) is 6.44. The number of hydrogen-bond donors (Lipinski definition) is 3. The van der Waals surface area contributed by atoms with Crippen molar-refractivity contribution >= 4 is 15.7 Å². The molecule has 3 atom stereocenters. The standard InChI is InChI=1S/C29H51N3O7S/c1-4-5-6-7-8-9-10-11-12-13-14-15-16-27-28(39-29(2,3)38-27)26(23-30-21-22-33)31-40(36,37)25-19-17-24(18-20-25)32(34)35/h17-20,26-28,30-31,33H,4-16,21-23H2,1-3H3/t26-,27+,28-/m0/s1. The van der Waals surface area contributed by atoms with Crippen LogP contribution in [0.3, 0.4) is 0 Å². The molecule has 11 heteroatoms. The van der Waals surface area contributed by atoms with Crippen molar-refractivity contribution in [1.29, 1.82) is 0 Å². The Bertz CT molecular complexity index is 957. The molecule has 1 aliphatic rings. The van der Waals surface area contributed by atoms with Crippen LogP contribution in [-0.2, 0) is 19.5 Å². The highest BCUT2D eigenvalue weighted by atomic mass is 32.2. The molecule has 3 N–H and O–H groups in total. The summed E-state index contributed by atoms with van der Waals surface area (Å²) in [6, 6.07) is 4.11. The molecule has 40 heavy (non-hydrogen) atoms. The number of nitro groups is 1. The fraction of sp³-hybridized carbons (Fsp3) is 0.793. The molecule has 0 spiro atoms. The van der Waals surface area contributed by atoms with Gasteiger partial charge in [-0.3, -0.25) is 10.1 Å². The van der Waals surface area contributed by atoms with Gasteiger partial charge in [-0.15, -0.1) is 0 Å². The van der Waals surface area contributed by atoms with Gasteiger partial charge in [-0.2, -0.15) is 0 Å². The van der Waals surface area contributed by atoms with Crippen molar-refractivity contribution in [2.24, 2.45) is 0 Å². The lowest BCUT2D eigenvalue weighted by Crippen LogP contribution is -2.53. The Labute approximate surface area is 240 Å². The predicted molar refractivity (Wildman–Crippen MR) is 157 cm³/mol. The van der Waals surface area contributed by atoms with Gasteiger partial charge in [0.25, 0.3) is 5.69 Å². The maximum absolute atomic E-state index is 13.2. The Morgan fingerprint density at radius 3 is 2.02 bits per heavy atom. The summed E-state index contributed by atoms with van der Waals surface area (Å²) >= 11 is 0. The lowest BCUT2D eigenvalue weighted by Gasteiger charge is -2.28. The minimum atomic E-state index is -4.00. The number of nitrogens with one attached hydrogen (secondary N) is 2. The molecule has 0 aromatic heterocycles. The van der Waals surface area contributed by atoms with Crippen molar-refractivity contribution in [2.45, 2.75) is 133 Å². The topological polar surface area (TPSA) is 140 Å². The minimum Gasteiger partial charge on any atom is -0.395 e. The lowest BCUT2D eigenvalue weighted by atomic mass is 9.99. The van der Waals surface area contributed by atoms with Gasteiger partial charge in [-0.25, -0.2) is 13.1 Å². The van der Waals surface area contributed by atoms with Crippen LogP contribution in [0, 0.1) is 10.1 Å². The number of non-ortho nitro benzene ring substituents is 1. The normalized spacial score (nSPS) is 19.6. The third-order valence-electron chi connectivity index (χ3n) is 7.28. The first kappa shape index (κ1) is 34.6. The van der Waals surface area contributed by atoms with E-state index in [1.807, 2.05) is 13.8 Å². The molecular weight excluding hydrogens is 534 g/mol. The zero-order chi connectivity index (χ0) is 29.4. The van der Waals surface area contributed by atoms with Crippen LogP contribution >= 0.6 is 0 Å². The van der Waals surface area contributed by atoms with Crippen LogP contribution in [0.4, 0.5) is 5.69 Å². The maximum atomic E-state index is 13.2. The largest absolute Gasteiger partial charge is 0.395 e. The Morgan fingerprint density at radius 2 is 1.50 bits per heavy atom. The first-order valence-corrected chi connectivity index (χ1v) is 16.5. The van der Waals surface area contributed by atoms with Gasteiger partial charge in [-0.05, 0) is 32.4 Å². The molecule has 2 rings (SSSR count). The van der Waals surface area contributed by atoms with Crippen LogP contribution in [-0.4, -0.2) is 62.2 Å². The number of rotatable bonds is 22. The molecule has 230 valence electrons. The van der Waals surface area contributed by atoms with Gasteiger partial charge in [-0.1, -0.05) is 84.0 Å². The van der Waals surface area contributed by atoms with Crippen molar-refractivity contribution in [3.8, 4) is 0 Å². The van der Waals surface area contributed by atoms with E-state index in [4.69, 9.17) is 9.47 Å². The van der Waals surface area contributed by atoms with Gasteiger partial charge < -0.3 is 19.9 Å². The van der Waals surface area contributed by atoms with E-state index in [0.29, 0.717) is 6.54 Å². The zero-order valence-electron chi connectivity index (χ0n) is 24.6. The van der Waals surface area contributed by atoms with Crippen LogP contribution in [0.25, 0.3) is 0 Å². The fourth-order valence-electron chi connectivity index (χ4n) is 5.19. The van der Waals surface area contributed by atoms with Gasteiger partial charge in [0.05, 0.1) is 28.6 Å². The Kier molecular flexibility index (Phi) is 15.6. The van der Waals surface area contributed by atoms with E-state index in [9.17, 15) is 23.6 Å². The van der Waals surface area contributed by atoms with Crippen molar-refractivity contribution in [3.05, 3.63) is 34.4 Å². The quantitative estimate of drug-likeness (QED) is 0.0929. The van der Waals surface area contributed by atoms with Crippen LogP contribution in [0.15, 0.2) is 29.2 Å². The zero-order valence-corrected chi connectivity index (χ0v) is 25.4. The minimum absolute atomic E-state index is 0.0686. The van der Waals surface area contributed by atoms with Crippen LogP contribution in [0.2, 0.25) is 0 Å². The summed E-state index contributed by atoms with van der Waals surface area (Å²) in [5.41, 5.74) is -0.183. The molecule has 0 unspecified atom stereocenters. The number of sulfonamides is 1. The highest BCUT2D eigenvalue weighted by molar-refractivity contribution is 7.89. The van der Waals surface area contributed by atoms with Gasteiger partial charge in [0.1, 0.15) is 6.10 Å². The van der Waals surface area contributed by atoms with Crippen molar-refractivity contribution in [2.75, 3.05) is 19.7 Å². The maximum Gasteiger partial charge on any atom is 0.269 e. The summed E-state index contributed by atoms with van der Waals surface area (Å²) in [6.45, 7) is 6.34. The van der Waals surface area contributed by atoms with Crippen LogP contribution in [0.5, 0.6) is 0 Å². The third kappa shape index (κ3) is 12.5. The number of ether oxygens (including phenoxy) is 2. The third-order valence-corrected chi connectivity index (χ3v) is 8.78. The molecule has 0 radical (unpaired) electrons. The van der Waals surface area contributed by atoms with E-state index in [1.165, 1.54) is 88.5 Å². The molecule has 0 saturated carbocycles. The summed E-state index contributed by atoms with van der Waals surface area (Å²) < 4.78 is 41.5. The second-order valence-corrected chi connectivity index (χ2v) is 12.9. The first-order chi connectivity index (χ1) is 19.1. The van der Waals surface area contributed by atoms with Gasteiger partial charge in [0.15, 0.2) is 5.79 Å². The monoisotopic (exact) mass is 585 g/mol. The molecule has 0 amide bonds. The Hall–Kier alpha value is -1.63. The number of benzene rings is 1. The van der Waals surface area contributed by atoms with E-state index in [0.717, 1.165) is 19.3 Å². The molecule has 0 bridgehead atoms. The molecular formula is C29H51N3O7S. The average Bonchev–Trinajstić information content (AvgIpc) is 3.22. The van der Waals surface area contributed by atoms with Crippen LogP contribution in [0.1, 0.15) is 104 Å². The van der Waals surface area contributed by atoms with Crippen molar-refractivity contribution < 1.29 is 27.9 Å². The van der Waals surface area contributed by atoms with Crippen molar-refractivity contribution in [3.63, 3.8) is 0 Å². The molecule has 1 aromatic carbocycles. The summed E-state index contributed by atoms with van der Waals surface area (Å²) in [5, 5.41) is 23.3. The van der Waals surface area contributed by atoms with Gasteiger partial charge in [0, 0.05) is 25.2 Å². The number of hydrogen-bond acceptors (Lipinski definition) is 8. The number of nitro benzene ring substituents is 1. The molecule has 1 saturated heterocycles. The van der Waals surface area contributed by atoms with E-state index in [1.54, 1.807) is 0 Å². The predicted octanol–water partition coefficient (Wildman–Crippen LogP) is 5.43. The number of unbranched alkanes of at least 4 members (excludes halogenated alkanes) is 11. The smallest absolute Gasteiger partial charge is 0.269 e. The van der Waals surface area contributed by atoms with E-state index < -0.39 is 32.9 Å². The summed E-state index contributed by atoms with van der Waals surface area (Å²) in [7, 11) is -4.00. The molecule has 1 fully saturated rings.